The molecule has 1 aliphatic heterocycles. The summed E-state index contributed by atoms with van der Waals surface area (Å²) in [5.74, 6) is 0.706. The summed E-state index contributed by atoms with van der Waals surface area (Å²) in [7, 11) is 0. The van der Waals surface area contributed by atoms with Gasteiger partial charge in [0.2, 0.25) is 0 Å². The molecule has 0 radical (unpaired) electrons. The van der Waals surface area contributed by atoms with Gasteiger partial charge in [0.1, 0.15) is 5.75 Å². The average Bonchev–Trinajstić information content (AvgIpc) is 2.89. The quantitative estimate of drug-likeness (QED) is 0.506. The largest absolute Gasteiger partial charge is 0.507 e. The zero-order chi connectivity index (χ0) is 13.8. The monoisotopic (exact) mass is 260 g/mol. The van der Waals surface area contributed by atoms with Crippen LogP contribution in [0.5, 0.6) is 5.75 Å². The molecule has 1 aromatic rings. The van der Waals surface area contributed by atoms with Gasteiger partial charge in [-0.15, -0.1) is 0 Å². The highest BCUT2D eigenvalue weighted by atomic mass is 16.3. The van der Waals surface area contributed by atoms with Crippen LogP contribution in [0.25, 0.3) is 5.70 Å². The zero-order valence-corrected chi connectivity index (χ0v) is 10.8. The number of phenols is 1. The van der Waals surface area contributed by atoms with Crippen molar-refractivity contribution in [2.24, 2.45) is 23.1 Å². The van der Waals surface area contributed by atoms with Gasteiger partial charge < -0.3 is 27.6 Å². The number of aromatic hydroxyl groups is 1. The van der Waals surface area contributed by atoms with E-state index in [1.807, 2.05) is 6.07 Å². The van der Waals surface area contributed by atoms with Crippen molar-refractivity contribution >= 4 is 5.70 Å². The number of phenolic OH excluding ortho intramolecular Hbond substituents is 1. The smallest absolute Gasteiger partial charge is 0.124 e. The number of nitrogens with two attached hydrogens (primary N) is 3. The molecule has 1 unspecified atom stereocenters. The molecule has 1 saturated heterocycles. The molecule has 102 valence electrons. The first-order valence-electron chi connectivity index (χ1n) is 6.31. The van der Waals surface area contributed by atoms with Crippen molar-refractivity contribution in [3.05, 3.63) is 47.3 Å². The predicted molar refractivity (Wildman–Crippen MR) is 76.6 cm³/mol. The van der Waals surface area contributed by atoms with Crippen LogP contribution in [-0.2, 0) is 0 Å². The first-order chi connectivity index (χ1) is 9.09. The van der Waals surface area contributed by atoms with Crippen LogP contribution in [0.2, 0.25) is 0 Å². The van der Waals surface area contributed by atoms with Crippen molar-refractivity contribution in [2.75, 3.05) is 13.1 Å². The van der Waals surface area contributed by atoms with Crippen molar-refractivity contribution in [3.8, 4) is 5.75 Å². The van der Waals surface area contributed by atoms with Gasteiger partial charge in [0, 0.05) is 23.7 Å². The van der Waals surface area contributed by atoms with Crippen LogP contribution in [0.4, 0.5) is 0 Å². The molecule has 0 bridgehead atoms. The number of para-hydroxylation sites is 1. The third-order valence-corrected chi connectivity index (χ3v) is 3.36. The van der Waals surface area contributed by atoms with Gasteiger partial charge in [-0.25, -0.2) is 0 Å². The Kier molecular flexibility index (Phi) is 3.97. The zero-order valence-electron chi connectivity index (χ0n) is 10.8. The van der Waals surface area contributed by atoms with E-state index in [0.29, 0.717) is 11.3 Å². The minimum absolute atomic E-state index is 0.149. The second kappa shape index (κ2) is 5.67. The normalized spacial score (nSPS) is 19.4. The maximum atomic E-state index is 9.79. The number of benzene rings is 1. The van der Waals surface area contributed by atoms with E-state index in [0.717, 1.165) is 25.1 Å². The number of allylic oxidation sites excluding steroid dienone is 1. The molecule has 5 nitrogen and oxygen atoms in total. The topological polar surface area (TPSA) is 110 Å². The van der Waals surface area contributed by atoms with E-state index >= 15 is 0 Å². The van der Waals surface area contributed by atoms with Crippen LogP contribution < -0.4 is 22.5 Å². The van der Waals surface area contributed by atoms with E-state index in [-0.39, 0.29) is 17.5 Å². The van der Waals surface area contributed by atoms with Crippen LogP contribution in [-0.4, -0.2) is 18.2 Å². The Hall–Kier alpha value is -2.14. The highest BCUT2D eigenvalue weighted by molar-refractivity contribution is 5.70. The van der Waals surface area contributed by atoms with Crippen LogP contribution in [0.15, 0.2) is 41.7 Å². The summed E-state index contributed by atoms with van der Waals surface area (Å²) in [5.41, 5.74) is 19.4. The number of rotatable bonds is 3. The van der Waals surface area contributed by atoms with E-state index in [1.54, 1.807) is 24.3 Å². The van der Waals surface area contributed by atoms with Crippen molar-refractivity contribution in [1.82, 2.24) is 5.32 Å². The fraction of sp³-hybridized carbons (Fsp3) is 0.286. The lowest BCUT2D eigenvalue weighted by atomic mass is 9.96. The maximum absolute atomic E-state index is 9.79. The number of hydrogen-bond donors (Lipinski definition) is 5. The van der Waals surface area contributed by atoms with E-state index in [1.165, 1.54) is 0 Å². The second-order valence-corrected chi connectivity index (χ2v) is 4.72. The van der Waals surface area contributed by atoms with Gasteiger partial charge in [-0.05, 0) is 36.7 Å². The molecule has 0 saturated carbocycles. The Balaban J connectivity index is 2.32. The molecule has 8 N–H and O–H groups in total. The van der Waals surface area contributed by atoms with E-state index in [4.69, 9.17) is 17.2 Å². The summed E-state index contributed by atoms with van der Waals surface area (Å²) >= 11 is 0. The van der Waals surface area contributed by atoms with E-state index < -0.39 is 0 Å². The lowest BCUT2D eigenvalue weighted by Gasteiger charge is -2.13. The molecule has 2 rings (SSSR count). The van der Waals surface area contributed by atoms with Crippen LogP contribution in [0.3, 0.4) is 0 Å². The predicted octanol–water partition coefficient (Wildman–Crippen LogP) is 0.430. The van der Waals surface area contributed by atoms with E-state index in [2.05, 4.69) is 5.32 Å². The van der Waals surface area contributed by atoms with Gasteiger partial charge in [-0.1, -0.05) is 12.1 Å². The van der Waals surface area contributed by atoms with Gasteiger partial charge in [0.25, 0.3) is 0 Å². The Morgan fingerprint density at radius 1 is 1.26 bits per heavy atom. The molecule has 1 fully saturated rings. The second-order valence-electron chi connectivity index (χ2n) is 4.72. The average molecular weight is 260 g/mol. The summed E-state index contributed by atoms with van der Waals surface area (Å²) in [6.07, 6.45) is 2.75. The van der Waals surface area contributed by atoms with Gasteiger partial charge in [0.15, 0.2) is 0 Å². The summed E-state index contributed by atoms with van der Waals surface area (Å²) in [6, 6.07) is 6.93. The lowest BCUT2D eigenvalue weighted by molar-refractivity contribution is 0.473. The highest BCUT2D eigenvalue weighted by Gasteiger charge is 2.20. The minimum atomic E-state index is 0.149. The highest BCUT2D eigenvalue weighted by Crippen LogP contribution is 2.26. The van der Waals surface area contributed by atoms with Crippen molar-refractivity contribution < 1.29 is 5.11 Å². The summed E-state index contributed by atoms with van der Waals surface area (Å²) in [6.45, 7) is 1.80. The Morgan fingerprint density at radius 3 is 2.58 bits per heavy atom. The lowest BCUT2D eigenvalue weighted by Crippen LogP contribution is -2.19. The Bertz CT molecular complexity index is 512. The van der Waals surface area contributed by atoms with Gasteiger partial charge in [0.05, 0.1) is 5.82 Å². The Labute approximate surface area is 112 Å². The number of hydrogen-bond acceptors (Lipinski definition) is 5. The standard InChI is InChI=1S/C14H20N4O/c15-12(10-3-1-2-4-13(10)19)7-11(14(16)17)9-5-6-18-8-9/h1-4,7,9,18-19H,5-6,8,15-17H2/b12-7-. The van der Waals surface area contributed by atoms with Gasteiger partial charge in [-0.2, -0.15) is 0 Å². The minimum Gasteiger partial charge on any atom is -0.507 e. The third kappa shape index (κ3) is 3.00. The SMILES string of the molecule is NC(N)=C(/C=C(\N)c1ccccc1O)C1CCNC1. The number of nitrogens with one attached hydrogen (secondary N) is 1. The molecule has 1 atom stereocenters. The van der Waals surface area contributed by atoms with Gasteiger partial charge >= 0.3 is 0 Å². The first kappa shape index (κ1) is 13.3. The van der Waals surface area contributed by atoms with Crippen molar-refractivity contribution in [1.29, 1.82) is 0 Å². The fourth-order valence-electron chi connectivity index (χ4n) is 2.32. The summed E-state index contributed by atoms with van der Waals surface area (Å²) in [5, 5.41) is 13.1. The molecule has 0 aliphatic carbocycles. The van der Waals surface area contributed by atoms with Gasteiger partial charge in [-0.3, -0.25) is 0 Å². The van der Waals surface area contributed by atoms with E-state index in [9.17, 15) is 5.11 Å². The fourth-order valence-corrected chi connectivity index (χ4v) is 2.32. The molecular weight excluding hydrogens is 240 g/mol. The Morgan fingerprint density at radius 2 is 2.00 bits per heavy atom. The molecule has 0 amide bonds. The molecule has 0 spiro atoms. The summed E-state index contributed by atoms with van der Waals surface area (Å²) in [4.78, 5) is 0. The molecular formula is C14H20N4O. The van der Waals surface area contributed by atoms with Crippen LogP contribution in [0.1, 0.15) is 12.0 Å². The summed E-state index contributed by atoms with van der Waals surface area (Å²) < 4.78 is 0. The van der Waals surface area contributed by atoms with Crippen LogP contribution in [0, 0.1) is 5.92 Å². The maximum Gasteiger partial charge on any atom is 0.124 e. The van der Waals surface area contributed by atoms with Crippen molar-refractivity contribution in [2.45, 2.75) is 6.42 Å². The van der Waals surface area contributed by atoms with Crippen molar-refractivity contribution in [3.63, 3.8) is 0 Å². The third-order valence-electron chi connectivity index (χ3n) is 3.36. The molecule has 19 heavy (non-hydrogen) atoms. The molecule has 5 heteroatoms. The molecule has 1 aromatic carbocycles. The molecule has 0 aromatic heterocycles. The van der Waals surface area contributed by atoms with Crippen LogP contribution >= 0.6 is 0 Å². The molecule has 1 aliphatic rings. The molecule has 1 heterocycles. The first-order valence-corrected chi connectivity index (χ1v) is 6.31.